The van der Waals surface area contributed by atoms with E-state index in [-0.39, 0.29) is 0 Å². The van der Waals surface area contributed by atoms with Crippen molar-refractivity contribution in [3.8, 4) is 11.4 Å². The van der Waals surface area contributed by atoms with Crippen molar-refractivity contribution >= 4 is 33.2 Å². The highest BCUT2D eigenvalue weighted by atomic mass is 32.1. The SMILES string of the molecule is CC(O)CNc1cc(-c2nc(NC3CCNC3)c3sccc3n2)ccn1. The van der Waals surface area contributed by atoms with Crippen molar-refractivity contribution in [2.45, 2.75) is 25.5 Å². The maximum Gasteiger partial charge on any atom is 0.162 e. The summed E-state index contributed by atoms with van der Waals surface area (Å²) in [6, 6.07) is 6.24. The number of anilines is 2. The summed E-state index contributed by atoms with van der Waals surface area (Å²) in [6.07, 6.45) is 2.39. The minimum Gasteiger partial charge on any atom is -0.392 e. The molecule has 0 bridgehead atoms. The van der Waals surface area contributed by atoms with E-state index >= 15 is 0 Å². The molecule has 1 fully saturated rings. The van der Waals surface area contributed by atoms with E-state index in [1.54, 1.807) is 24.5 Å². The zero-order valence-electron chi connectivity index (χ0n) is 14.6. The molecule has 0 amide bonds. The predicted molar refractivity (Wildman–Crippen MR) is 106 cm³/mol. The Balaban J connectivity index is 1.66. The Morgan fingerprint density at radius 2 is 2.31 bits per heavy atom. The van der Waals surface area contributed by atoms with E-state index in [2.05, 4.69) is 20.9 Å². The van der Waals surface area contributed by atoms with Gasteiger partial charge in [0, 0.05) is 30.9 Å². The van der Waals surface area contributed by atoms with Crippen LogP contribution in [0.5, 0.6) is 0 Å². The average Bonchev–Trinajstić information content (AvgIpc) is 3.31. The van der Waals surface area contributed by atoms with Gasteiger partial charge in [0.05, 0.1) is 16.3 Å². The molecule has 3 aromatic rings. The van der Waals surface area contributed by atoms with Gasteiger partial charge in [-0.3, -0.25) is 0 Å². The Bertz CT molecular complexity index is 890. The topological polar surface area (TPSA) is 95.0 Å². The number of nitrogens with zero attached hydrogens (tertiary/aromatic N) is 3. The zero-order valence-corrected chi connectivity index (χ0v) is 15.4. The third kappa shape index (κ3) is 3.77. The number of thiophene rings is 1. The van der Waals surface area contributed by atoms with Crippen molar-refractivity contribution in [1.29, 1.82) is 0 Å². The van der Waals surface area contributed by atoms with E-state index in [9.17, 15) is 5.11 Å². The van der Waals surface area contributed by atoms with Gasteiger partial charge in [-0.05, 0) is 43.5 Å². The molecule has 0 aliphatic carbocycles. The van der Waals surface area contributed by atoms with Crippen LogP contribution in [0, 0.1) is 0 Å². The van der Waals surface area contributed by atoms with Gasteiger partial charge in [0.25, 0.3) is 0 Å². The van der Waals surface area contributed by atoms with Gasteiger partial charge in [-0.2, -0.15) is 0 Å². The maximum atomic E-state index is 9.44. The number of aliphatic hydroxyl groups excluding tert-OH is 1. The van der Waals surface area contributed by atoms with Crippen LogP contribution in [0.25, 0.3) is 21.6 Å². The summed E-state index contributed by atoms with van der Waals surface area (Å²) in [6.45, 7) is 4.17. The van der Waals surface area contributed by atoms with Crippen molar-refractivity contribution < 1.29 is 5.11 Å². The fourth-order valence-electron chi connectivity index (χ4n) is 2.98. The van der Waals surface area contributed by atoms with Crippen LogP contribution in [0.1, 0.15) is 13.3 Å². The molecule has 4 rings (SSSR count). The summed E-state index contributed by atoms with van der Waals surface area (Å²) in [4.78, 5) is 13.8. The minimum absolute atomic E-state index is 0.392. The van der Waals surface area contributed by atoms with Crippen LogP contribution in [0.3, 0.4) is 0 Å². The van der Waals surface area contributed by atoms with Crippen LogP contribution in [-0.2, 0) is 0 Å². The van der Waals surface area contributed by atoms with Crippen molar-refractivity contribution in [2.75, 3.05) is 30.3 Å². The standard InChI is InChI=1S/C18H22N6OS/c1-11(25)9-21-15-8-12(2-6-20-15)17-23-14-4-7-26-16(14)18(24-17)22-13-3-5-19-10-13/h2,4,6-8,11,13,19,25H,3,5,9-10H2,1H3,(H,20,21)(H,22,23,24). The zero-order chi connectivity index (χ0) is 17.9. The monoisotopic (exact) mass is 370 g/mol. The summed E-state index contributed by atoms with van der Waals surface area (Å²) < 4.78 is 1.09. The van der Waals surface area contributed by atoms with Crippen LogP contribution in [-0.4, -0.2) is 51.8 Å². The van der Waals surface area contributed by atoms with Crippen LogP contribution < -0.4 is 16.0 Å². The van der Waals surface area contributed by atoms with Crippen molar-refractivity contribution in [3.05, 3.63) is 29.8 Å². The number of fused-ring (bicyclic) bond motifs is 1. The van der Waals surface area contributed by atoms with Gasteiger partial charge in [-0.25, -0.2) is 15.0 Å². The molecule has 0 spiro atoms. The molecule has 7 nitrogen and oxygen atoms in total. The fourth-order valence-corrected chi connectivity index (χ4v) is 3.76. The summed E-state index contributed by atoms with van der Waals surface area (Å²) in [5, 5.41) is 21.5. The fraction of sp³-hybridized carbons (Fsp3) is 0.389. The molecule has 0 radical (unpaired) electrons. The maximum absolute atomic E-state index is 9.44. The average molecular weight is 370 g/mol. The molecular weight excluding hydrogens is 348 g/mol. The highest BCUT2D eigenvalue weighted by molar-refractivity contribution is 7.17. The van der Waals surface area contributed by atoms with Gasteiger partial charge in [0.2, 0.25) is 0 Å². The van der Waals surface area contributed by atoms with Gasteiger partial charge in [-0.15, -0.1) is 11.3 Å². The quantitative estimate of drug-likeness (QED) is 0.529. The number of nitrogens with one attached hydrogen (secondary N) is 3. The number of aromatic nitrogens is 3. The molecule has 2 unspecified atom stereocenters. The lowest BCUT2D eigenvalue weighted by atomic mass is 10.2. The third-order valence-electron chi connectivity index (χ3n) is 4.30. The van der Waals surface area contributed by atoms with Crippen molar-refractivity contribution in [1.82, 2.24) is 20.3 Å². The Morgan fingerprint density at radius 3 is 3.12 bits per heavy atom. The predicted octanol–water partition coefficient (Wildman–Crippen LogP) is 2.32. The molecule has 8 heteroatoms. The molecule has 0 aromatic carbocycles. The molecule has 136 valence electrons. The lowest BCUT2D eigenvalue weighted by Crippen LogP contribution is -2.22. The number of hydrogen-bond acceptors (Lipinski definition) is 8. The first-order chi connectivity index (χ1) is 12.7. The molecule has 1 saturated heterocycles. The lowest BCUT2D eigenvalue weighted by molar-refractivity contribution is 0.208. The van der Waals surface area contributed by atoms with Crippen LogP contribution >= 0.6 is 11.3 Å². The highest BCUT2D eigenvalue weighted by Gasteiger charge is 2.18. The normalized spacial score (nSPS) is 18.2. The Hall–Kier alpha value is -2.29. The third-order valence-corrected chi connectivity index (χ3v) is 5.21. The molecular formula is C18H22N6OS. The van der Waals surface area contributed by atoms with Gasteiger partial charge in [0.1, 0.15) is 11.6 Å². The largest absolute Gasteiger partial charge is 0.392 e. The number of hydrogen-bond donors (Lipinski definition) is 4. The van der Waals surface area contributed by atoms with Gasteiger partial charge < -0.3 is 21.1 Å². The molecule has 1 aliphatic rings. The minimum atomic E-state index is -0.435. The first kappa shape index (κ1) is 17.1. The van der Waals surface area contributed by atoms with Crippen molar-refractivity contribution in [2.24, 2.45) is 0 Å². The summed E-state index contributed by atoms with van der Waals surface area (Å²) in [7, 11) is 0. The molecule has 3 aromatic heterocycles. The van der Waals surface area contributed by atoms with Crippen molar-refractivity contribution in [3.63, 3.8) is 0 Å². The van der Waals surface area contributed by atoms with Gasteiger partial charge >= 0.3 is 0 Å². The molecule has 4 N–H and O–H groups in total. The smallest absolute Gasteiger partial charge is 0.162 e. The molecule has 2 atom stereocenters. The van der Waals surface area contributed by atoms with E-state index in [1.807, 2.05) is 23.6 Å². The van der Waals surface area contributed by atoms with Crippen LogP contribution in [0.4, 0.5) is 11.6 Å². The van der Waals surface area contributed by atoms with E-state index in [0.717, 1.165) is 41.1 Å². The number of rotatable bonds is 6. The summed E-state index contributed by atoms with van der Waals surface area (Å²) in [5.74, 6) is 2.27. The molecule has 0 saturated carbocycles. The summed E-state index contributed by atoms with van der Waals surface area (Å²) in [5.41, 5.74) is 1.84. The lowest BCUT2D eigenvalue weighted by Gasteiger charge is -2.14. The Morgan fingerprint density at radius 1 is 1.38 bits per heavy atom. The van der Waals surface area contributed by atoms with E-state index in [0.29, 0.717) is 24.2 Å². The number of pyridine rings is 1. The first-order valence-electron chi connectivity index (χ1n) is 8.80. The Kier molecular flexibility index (Phi) is 4.96. The van der Waals surface area contributed by atoms with Crippen LogP contribution in [0.2, 0.25) is 0 Å². The second-order valence-corrected chi connectivity index (χ2v) is 7.44. The van der Waals surface area contributed by atoms with E-state index in [1.165, 1.54) is 0 Å². The second-order valence-electron chi connectivity index (χ2n) is 6.52. The molecule has 4 heterocycles. The summed E-state index contributed by atoms with van der Waals surface area (Å²) >= 11 is 1.66. The molecule has 26 heavy (non-hydrogen) atoms. The molecule has 1 aliphatic heterocycles. The second kappa shape index (κ2) is 7.53. The number of aliphatic hydroxyl groups is 1. The first-order valence-corrected chi connectivity index (χ1v) is 9.68. The van der Waals surface area contributed by atoms with Gasteiger partial charge in [0.15, 0.2) is 5.82 Å². The van der Waals surface area contributed by atoms with Crippen LogP contribution in [0.15, 0.2) is 29.8 Å². The Labute approximate surface area is 155 Å². The van der Waals surface area contributed by atoms with Gasteiger partial charge in [-0.1, -0.05) is 0 Å². The van der Waals surface area contributed by atoms with E-state index in [4.69, 9.17) is 9.97 Å². The highest BCUT2D eigenvalue weighted by Crippen LogP contribution is 2.30. The van der Waals surface area contributed by atoms with E-state index < -0.39 is 6.10 Å².